The lowest BCUT2D eigenvalue weighted by Gasteiger charge is -1.98. The molecule has 0 aliphatic carbocycles. The van der Waals surface area contributed by atoms with Gasteiger partial charge in [0.1, 0.15) is 11.6 Å². The number of phenolic OH excluding ortho intramolecular Hbond substituents is 1. The smallest absolute Gasteiger partial charge is 0.221 e. The monoisotopic (exact) mass is 1220 g/mol. The van der Waals surface area contributed by atoms with E-state index in [0.29, 0.717) is 5.75 Å². The molecular formula is C82H129FN4O2. The minimum atomic E-state index is -0.178. The van der Waals surface area contributed by atoms with Crippen molar-refractivity contribution in [2.45, 2.75) is 183 Å². The number of unbranched alkanes of at least 4 members (excludes halogenated alkanes) is 3. The highest BCUT2D eigenvalue weighted by Crippen LogP contribution is 2.04. The lowest BCUT2D eigenvalue weighted by molar-refractivity contribution is -0.114. The first-order valence-corrected chi connectivity index (χ1v) is 32.5. The second kappa shape index (κ2) is 101. The lowest BCUT2D eigenvalue weighted by atomic mass is 10.3. The Bertz CT molecular complexity index is 2000. The number of nitrogens with one attached hydrogen (secondary N) is 1. The van der Waals surface area contributed by atoms with Gasteiger partial charge in [-0.05, 0) is 72.8 Å². The average molecular weight is 1220 g/mol. The normalized spacial score (nSPS) is 7.69. The number of hydrogen-bond donors (Lipinski definition) is 5. The van der Waals surface area contributed by atoms with Gasteiger partial charge in [-0.2, -0.15) is 0 Å². The number of para-hydroxylation sites is 5. The van der Waals surface area contributed by atoms with Crippen LogP contribution in [0.5, 0.6) is 5.75 Å². The Morgan fingerprint density at radius 3 is 0.551 bits per heavy atom. The number of carbonyl (C=O) groups excluding carboxylic acids is 1. The third-order valence-electron chi connectivity index (χ3n) is 8.48. The summed E-state index contributed by atoms with van der Waals surface area (Å²) in [4.78, 5) is 10.5. The molecule has 6 nitrogen and oxygen atoms in total. The van der Waals surface area contributed by atoms with Crippen molar-refractivity contribution < 1.29 is 14.3 Å². The molecule has 8 N–H and O–H groups in total. The van der Waals surface area contributed by atoms with E-state index in [-0.39, 0.29) is 11.7 Å². The summed E-state index contributed by atoms with van der Waals surface area (Å²) in [6, 6.07) is 90.5. The van der Waals surface area contributed by atoms with Crippen molar-refractivity contribution in [3.63, 3.8) is 0 Å². The second-order valence-electron chi connectivity index (χ2n) is 16.8. The Morgan fingerprint density at radius 1 is 0.303 bits per heavy atom. The van der Waals surface area contributed by atoms with Crippen molar-refractivity contribution in [2.24, 2.45) is 0 Å². The van der Waals surface area contributed by atoms with E-state index < -0.39 is 0 Å². The van der Waals surface area contributed by atoms with Crippen molar-refractivity contribution in [3.05, 3.63) is 297 Å². The summed E-state index contributed by atoms with van der Waals surface area (Å²) in [5.41, 5.74) is 19.4. The summed E-state index contributed by atoms with van der Waals surface area (Å²) in [5.74, 6) is 0.108. The summed E-state index contributed by atoms with van der Waals surface area (Å²) in [7, 11) is 0. The molecule has 0 spiro atoms. The zero-order valence-electron chi connectivity index (χ0n) is 59.3. The third kappa shape index (κ3) is 115. The van der Waals surface area contributed by atoms with Crippen LogP contribution in [0.1, 0.15) is 183 Å². The van der Waals surface area contributed by atoms with Gasteiger partial charge in [0.15, 0.2) is 0 Å². The van der Waals surface area contributed by atoms with Gasteiger partial charge in [0, 0.05) is 29.7 Å². The fraction of sp³-hybridized carbons (Fsp3) is 0.329. The topological polar surface area (TPSA) is 127 Å². The van der Waals surface area contributed by atoms with E-state index in [1.807, 2.05) is 292 Å². The van der Waals surface area contributed by atoms with Crippen molar-refractivity contribution in [2.75, 3.05) is 22.5 Å². The molecule has 9 rings (SSSR count). The molecule has 0 aromatic heterocycles. The molecule has 0 unspecified atom stereocenters. The van der Waals surface area contributed by atoms with Crippen molar-refractivity contribution in [1.29, 1.82) is 0 Å². The summed E-state index contributed by atoms with van der Waals surface area (Å²) in [6.45, 7) is 39.1. The number of rotatable bonds is 4. The zero-order chi connectivity index (χ0) is 69.3. The molecule has 7 heteroatoms. The SMILES string of the molecule is CC.CC.CC.CC.CC(=O)Nc1ccccc1.CCC.CCC.CCCC.CCCC.CCCC.Fc1ccccc1.Nc1ccccc1.Nc1ccccc1.Nc1ccccc1.Oc1ccccc1.c1ccccc1.c1ccccc1.c1ccccc1. The van der Waals surface area contributed by atoms with Gasteiger partial charge in [0.25, 0.3) is 0 Å². The highest BCUT2D eigenvalue weighted by molar-refractivity contribution is 5.88. The number of anilines is 4. The van der Waals surface area contributed by atoms with Gasteiger partial charge in [-0.1, -0.05) is 394 Å². The first kappa shape index (κ1) is 99.6. The van der Waals surface area contributed by atoms with Crippen LogP contribution in [0, 0.1) is 5.82 Å². The Hall–Kier alpha value is -8.42. The van der Waals surface area contributed by atoms with E-state index in [4.69, 9.17) is 22.3 Å². The summed E-state index contributed by atoms with van der Waals surface area (Å²) in [6.07, 6.45) is 10.4. The fourth-order valence-corrected chi connectivity index (χ4v) is 4.08. The standard InChI is InChI=1S/C8H9NO.C6H5F.3C6H7N.C6H6O.3C6H6.3C4H10.2C3H8.4C2H6/c1-7(10)9-8-5-3-2-4-6-8;5*7-6-4-2-1-3-5-6;3*1-2-4-6-5-3-1;3*1-3-4-2;2*1-3-2;4*1-2/h2-6H,1H3,(H,9,10);1-5H;3*1-5H,7H2;1-5,7H;3*1-6H;3*3-4H2,1-2H3;2*3H2,1-2H3;4*1-2H3. The van der Waals surface area contributed by atoms with Crippen LogP contribution in [0.4, 0.5) is 27.1 Å². The largest absolute Gasteiger partial charge is 0.508 e. The Kier molecular flexibility index (Phi) is 114. The maximum absolute atomic E-state index is 11.9. The Labute approximate surface area is 548 Å². The number of phenols is 1. The van der Waals surface area contributed by atoms with E-state index in [9.17, 15) is 9.18 Å². The van der Waals surface area contributed by atoms with E-state index in [2.05, 4.69) is 74.6 Å². The molecule has 0 fully saturated rings. The molecule has 496 valence electrons. The first-order valence-electron chi connectivity index (χ1n) is 32.5. The number of carbonyl (C=O) groups is 1. The Balaban J connectivity index is -0.000000111. The average Bonchev–Trinajstić information content (AvgIpc) is 3.61. The van der Waals surface area contributed by atoms with Gasteiger partial charge in [-0.3, -0.25) is 4.79 Å². The minimum absolute atomic E-state index is 0.0359. The highest BCUT2D eigenvalue weighted by atomic mass is 19.1. The van der Waals surface area contributed by atoms with E-state index >= 15 is 0 Å². The quantitative estimate of drug-likeness (QED) is 0.112. The van der Waals surface area contributed by atoms with Crippen molar-refractivity contribution >= 4 is 28.7 Å². The molecule has 0 saturated heterocycles. The van der Waals surface area contributed by atoms with E-state index in [1.54, 1.807) is 42.5 Å². The van der Waals surface area contributed by atoms with Crippen molar-refractivity contribution in [1.82, 2.24) is 0 Å². The predicted octanol–water partition coefficient (Wildman–Crippen LogP) is 26.1. The van der Waals surface area contributed by atoms with E-state index in [1.165, 1.54) is 70.4 Å². The van der Waals surface area contributed by atoms with Gasteiger partial charge in [-0.25, -0.2) is 4.39 Å². The van der Waals surface area contributed by atoms with Crippen LogP contribution in [-0.2, 0) is 4.79 Å². The second-order valence-corrected chi connectivity index (χ2v) is 16.8. The van der Waals surface area contributed by atoms with E-state index in [0.717, 1.165) is 22.7 Å². The first-order chi connectivity index (χ1) is 43.3. The number of nitrogens with two attached hydrogens (primary N) is 3. The van der Waals surface area contributed by atoms with Crippen LogP contribution >= 0.6 is 0 Å². The molecule has 1 amide bonds. The minimum Gasteiger partial charge on any atom is -0.508 e. The molecule has 0 aliphatic rings. The van der Waals surface area contributed by atoms with Crippen LogP contribution in [0.15, 0.2) is 291 Å². The highest BCUT2D eigenvalue weighted by Gasteiger charge is 1.90. The van der Waals surface area contributed by atoms with Gasteiger partial charge >= 0.3 is 0 Å². The number of benzene rings is 9. The predicted molar refractivity (Wildman–Crippen MR) is 406 cm³/mol. The molecule has 9 aromatic carbocycles. The zero-order valence-corrected chi connectivity index (χ0v) is 59.3. The van der Waals surface area contributed by atoms with Crippen LogP contribution < -0.4 is 22.5 Å². The number of halogens is 1. The molecular weight excluding hydrogens is 1090 g/mol. The van der Waals surface area contributed by atoms with Crippen molar-refractivity contribution in [3.8, 4) is 5.75 Å². The number of aromatic hydroxyl groups is 1. The van der Waals surface area contributed by atoms with Crippen LogP contribution in [0.2, 0.25) is 0 Å². The lowest BCUT2D eigenvalue weighted by Crippen LogP contribution is -2.04. The summed E-state index contributed by atoms with van der Waals surface area (Å²) >= 11 is 0. The number of nitrogen functional groups attached to an aromatic ring is 3. The summed E-state index contributed by atoms with van der Waals surface area (Å²) in [5, 5.41) is 11.3. The maximum Gasteiger partial charge on any atom is 0.221 e. The van der Waals surface area contributed by atoms with Crippen LogP contribution in [0.25, 0.3) is 0 Å². The molecule has 0 saturated carbocycles. The number of hydrogen-bond acceptors (Lipinski definition) is 5. The van der Waals surface area contributed by atoms with Gasteiger partial charge in [-0.15, -0.1) is 0 Å². The molecule has 0 atom stereocenters. The molecule has 0 aliphatic heterocycles. The Morgan fingerprint density at radius 2 is 0.449 bits per heavy atom. The maximum atomic E-state index is 11.9. The molecule has 89 heavy (non-hydrogen) atoms. The fourth-order valence-electron chi connectivity index (χ4n) is 4.08. The van der Waals surface area contributed by atoms with Gasteiger partial charge < -0.3 is 27.6 Å². The van der Waals surface area contributed by atoms with Crippen LogP contribution in [0.3, 0.4) is 0 Å². The third-order valence-corrected chi connectivity index (χ3v) is 8.48. The molecule has 0 bridgehead atoms. The molecule has 0 heterocycles. The number of amides is 1. The molecule has 9 aromatic rings. The van der Waals surface area contributed by atoms with Crippen LogP contribution in [-0.4, -0.2) is 11.0 Å². The summed E-state index contributed by atoms with van der Waals surface area (Å²) < 4.78 is 11.9. The van der Waals surface area contributed by atoms with Gasteiger partial charge in [0.2, 0.25) is 5.91 Å². The molecule has 0 radical (unpaired) electrons. The van der Waals surface area contributed by atoms with Gasteiger partial charge in [0.05, 0.1) is 0 Å².